The van der Waals surface area contributed by atoms with Gasteiger partial charge in [0.2, 0.25) is 10.0 Å². The number of non-ortho nitro benzene ring substituents is 1. The first kappa shape index (κ1) is 20.9. The number of ether oxygens (including phenoxy) is 1. The number of nitro groups is 1. The topological polar surface area (TPSA) is 119 Å². The molecule has 10 heteroatoms. The van der Waals surface area contributed by atoms with Crippen LogP contribution in [0.15, 0.2) is 53.4 Å². The largest absolute Gasteiger partial charge is 0.377 e. The minimum absolute atomic E-state index is 0.0740. The quantitative estimate of drug-likeness (QED) is 0.544. The number of benzene rings is 2. The molecule has 2 aromatic rings. The highest BCUT2D eigenvalue weighted by molar-refractivity contribution is 7.89. The summed E-state index contributed by atoms with van der Waals surface area (Å²) < 4.78 is 32.1. The second-order valence-electron chi connectivity index (χ2n) is 6.71. The molecule has 1 N–H and O–H groups in total. The first-order valence-corrected chi connectivity index (χ1v) is 10.5. The number of nitrogens with one attached hydrogen (secondary N) is 1. The lowest BCUT2D eigenvalue weighted by atomic mass is 10.2. The Labute approximate surface area is 168 Å². The predicted molar refractivity (Wildman–Crippen MR) is 106 cm³/mol. The number of carbonyl (C=O) groups excluding carboxylic acids is 1. The van der Waals surface area contributed by atoms with E-state index in [0.29, 0.717) is 6.61 Å². The lowest BCUT2D eigenvalue weighted by Gasteiger charge is -2.20. The maximum absolute atomic E-state index is 12.7. The number of rotatable bonds is 7. The molecule has 3 rings (SSSR count). The van der Waals surface area contributed by atoms with Crippen molar-refractivity contribution in [2.45, 2.75) is 23.8 Å². The van der Waals surface area contributed by atoms with E-state index in [1.165, 1.54) is 59.9 Å². The Bertz CT molecular complexity index is 1000. The molecule has 1 aliphatic rings. The van der Waals surface area contributed by atoms with E-state index < -0.39 is 20.9 Å². The van der Waals surface area contributed by atoms with Gasteiger partial charge in [-0.05, 0) is 43.2 Å². The van der Waals surface area contributed by atoms with E-state index in [0.717, 1.165) is 12.8 Å². The summed E-state index contributed by atoms with van der Waals surface area (Å²) in [6.07, 6.45) is 1.65. The molecule has 1 saturated heterocycles. The normalized spacial score (nSPS) is 16.7. The van der Waals surface area contributed by atoms with E-state index in [1.807, 2.05) is 0 Å². The molecule has 0 aliphatic carbocycles. The number of hydrogen-bond acceptors (Lipinski definition) is 6. The predicted octanol–water partition coefficient (Wildman–Crippen LogP) is 2.65. The highest BCUT2D eigenvalue weighted by atomic mass is 32.2. The van der Waals surface area contributed by atoms with E-state index >= 15 is 0 Å². The molecule has 1 heterocycles. The van der Waals surface area contributed by atoms with Crippen LogP contribution >= 0.6 is 0 Å². The van der Waals surface area contributed by atoms with E-state index in [1.54, 1.807) is 0 Å². The van der Waals surface area contributed by atoms with Crippen LogP contribution in [0.4, 0.5) is 11.4 Å². The van der Waals surface area contributed by atoms with Crippen LogP contribution in [-0.2, 0) is 14.8 Å². The van der Waals surface area contributed by atoms with Crippen molar-refractivity contribution in [2.24, 2.45) is 0 Å². The highest BCUT2D eigenvalue weighted by Crippen LogP contribution is 2.21. The van der Waals surface area contributed by atoms with Crippen molar-refractivity contribution in [1.29, 1.82) is 0 Å². The summed E-state index contributed by atoms with van der Waals surface area (Å²) in [4.78, 5) is 22.7. The number of likely N-dealkylation sites (N-methyl/N-ethyl adjacent to an activating group) is 1. The van der Waals surface area contributed by atoms with E-state index in [9.17, 15) is 23.3 Å². The average Bonchev–Trinajstić information content (AvgIpc) is 3.21. The molecule has 29 heavy (non-hydrogen) atoms. The molecule has 154 valence electrons. The number of hydrogen-bond donors (Lipinski definition) is 1. The second kappa shape index (κ2) is 8.68. The van der Waals surface area contributed by atoms with Crippen LogP contribution in [0.2, 0.25) is 0 Å². The maximum Gasteiger partial charge on any atom is 0.271 e. The van der Waals surface area contributed by atoms with Crippen molar-refractivity contribution in [3.8, 4) is 0 Å². The Kier molecular flexibility index (Phi) is 6.26. The molecule has 1 amide bonds. The molecule has 0 spiro atoms. The van der Waals surface area contributed by atoms with E-state index in [4.69, 9.17) is 4.74 Å². The summed E-state index contributed by atoms with van der Waals surface area (Å²) in [5.74, 6) is -0.498. The summed E-state index contributed by atoms with van der Waals surface area (Å²) in [6, 6.07) is 11.1. The molecular formula is C19H21N3O6S. The van der Waals surface area contributed by atoms with Gasteiger partial charge in [-0.2, -0.15) is 4.31 Å². The number of nitro benzene ring substituents is 1. The van der Waals surface area contributed by atoms with Gasteiger partial charge < -0.3 is 10.1 Å². The average molecular weight is 419 g/mol. The third-order valence-electron chi connectivity index (χ3n) is 4.62. The number of sulfonamides is 1. The zero-order valence-electron chi connectivity index (χ0n) is 15.8. The fraction of sp³-hybridized carbons (Fsp3) is 0.316. The van der Waals surface area contributed by atoms with Crippen molar-refractivity contribution in [2.75, 3.05) is 25.5 Å². The lowest BCUT2D eigenvalue weighted by Crippen LogP contribution is -2.34. The number of carbonyl (C=O) groups is 1. The van der Waals surface area contributed by atoms with Crippen molar-refractivity contribution in [3.63, 3.8) is 0 Å². The van der Waals surface area contributed by atoms with Crippen LogP contribution in [0.5, 0.6) is 0 Å². The van der Waals surface area contributed by atoms with Crippen molar-refractivity contribution < 1.29 is 22.9 Å². The van der Waals surface area contributed by atoms with Crippen molar-refractivity contribution in [1.82, 2.24) is 4.31 Å². The summed E-state index contributed by atoms with van der Waals surface area (Å²) in [6.45, 7) is 0.921. The van der Waals surface area contributed by atoms with Gasteiger partial charge in [0.25, 0.3) is 11.6 Å². The monoisotopic (exact) mass is 419 g/mol. The molecule has 9 nitrogen and oxygen atoms in total. The van der Waals surface area contributed by atoms with Gasteiger partial charge in [0.1, 0.15) is 0 Å². The van der Waals surface area contributed by atoms with Gasteiger partial charge in [0.15, 0.2) is 0 Å². The van der Waals surface area contributed by atoms with Crippen molar-refractivity contribution >= 4 is 27.3 Å². The van der Waals surface area contributed by atoms with Gasteiger partial charge in [-0.1, -0.05) is 6.07 Å². The van der Waals surface area contributed by atoms with E-state index in [2.05, 4.69) is 5.32 Å². The van der Waals surface area contributed by atoms with Gasteiger partial charge >= 0.3 is 0 Å². The van der Waals surface area contributed by atoms with Crippen molar-refractivity contribution in [3.05, 3.63) is 64.2 Å². The summed E-state index contributed by atoms with van der Waals surface area (Å²) in [5.41, 5.74) is 0.368. The van der Waals surface area contributed by atoms with Crippen LogP contribution in [0.1, 0.15) is 23.2 Å². The molecule has 0 radical (unpaired) electrons. The Morgan fingerprint density at radius 2 is 2.00 bits per heavy atom. The van der Waals surface area contributed by atoms with Crippen LogP contribution in [0, 0.1) is 10.1 Å². The van der Waals surface area contributed by atoms with Gasteiger partial charge in [-0.15, -0.1) is 0 Å². The SMILES string of the molecule is CN(C[C@@H]1CCCO1)S(=O)(=O)c1ccc(C(=O)Nc2cccc([N+](=O)[O-])c2)cc1. The Hall–Kier alpha value is -2.82. The van der Waals surface area contributed by atoms with Gasteiger partial charge in [-0.25, -0.2) is 8.42 Å². The number of anilines is 1. The number of amides is 1. The first-order valence-electron chi connectivity index (χ1n) is 9.01. The first-order chi connectivity index (χ1) is 13.8. The van der Waals surface area contributed by atoms with Gasteiger partial charge in [-0.3, -0.25) is 14.9 Å². The molecular weight excluding hydrogens is 398 g/mol. The third-order valence-corrected chi connectivity index (χ3v) is 6.46. The Morgan fingerprint density at radius 3 is 2.62 bits per heavy atom. The van der Waals surface area contributed by atoms with Crippen LogP contribution < -0.4 is 5.32 Å². The summed E-state index contributed by atoms with van der Waals surface area (Å²) >= 11 is 0. The fourth-order valence-corrected chi connectivity index (χ4v) is 4.23. The van der Waals surface area contributed by atoms with Crippen LogP contribution in [0.25, 0.3) is 0 Å². The third kappa shape index (κ3) is 4.97. The van der Waals surface area contributed by atoms with Crippen LogP contribution in [0.3, 0.4) is 0 Å². The maximum atomic E-state index is 12.7. The molecule has 1 atom stereocenters. The lowest BCUT2D eigenvalue weighted by molar-refractivity contribution is -0.384. The Morgan fingerprint density at radius 1 is 1.28 bits per heavy atom. The molecule has 0 bridgehead atoms. The molecule has 0 saturated carbocycles. The van der Waals surface area contributed by atoms with Gasteiger partial charge in [0.05, 0.1) is 15.9 Å². The zero-order chi connectivity index (χ0) is 21.0. The molecule has 0 aromatic heterocycles. The smallest absolute Gasteiger partial charge is 0.271 e. The Balaban J connectivity index is 1.69. The molecule has 0 unspecified atom stereocenters. The van der Waals surface area contributed by atoms with Gasteiger partial charge in [0, 0.05) is 43.6 Å². The van der Waals surface area contributed by atoms with Crippen LogP contribution in [-0.4, -0.2) is 49.9 Å². The number of nitrogens with zero attached hydrogens (tertiary/aromatic N) is 2. The second-order valence-corrected chi connectivity index (χ2v) is 8.75. The summed E-state index contributed by atoms with van der Waals surface area (Å²) in [5, 5.41) is 13.4. The standard InChI is InChI=1S/C19H21N3O6S/c1-21(13-17-6-3-11-28-17)29(26,27)18-9-7-14(8-10-18)19(23)20-15-4-2-5-16(12-15)22(24)25/h2,4-5,7-10,12,17H,3,6,11,13H2,1H3,(H,20,23)/t17-/m0/s1. The minimum atomic E-state index is -3.70. The minimum Gasteiger partial charge on any atom is -0.377 e. The zero-order valence-corrected chi connectivity index (χ0v) is 16.6. The fourth-order valence-electron chi connectivity index (χ4n) is 3.03. The molecule has 2 aromatic carbocycles. The molecule has 1 fully saturated rings. The summed E-state index contributed by atoms with van der Waals surface area (Å²) in [7, 11) is -2.20. The molecule has 1 aliphatic heterocycles. The van der Waals surface area contributed by atoms with E-state index in [-0.39, 0.29) is 34.5 Å². The highest BCUT2D eigenvalue weighted by Gasteiger charge is 2.26.